The molecule has 1 aliphatic rings. The highest BCUT2D eigenvalue weighted by Gasteiger charge is 2.16. The van der Waals surface area contributed by atoms with Crippen LogP contribution in [0, 0.1) is 0 Å². The van der Waals surface area contributed by atoms with E-state index in [1.165, 1.54) is 10.8 Å². The molecule has 0 radical (unpaired) electrons. The summed E-state index contributed by atoms with van der Waals surface area (Å²) in [5, 5.41) is 0. The number of hydrogen-bond acceptors (Lipinski definition) is 2. The Labute approximate surface area is 47.3 Å². The van der Waals surface area contributed by atoms with Gasteiger partial charge in [0, 0.05) is 6.92 Å². The zero-order valence-electron chi connectivity index (χ0n) is 4.59. The van der Waals surface area contributed by atoms with Gasteiger partial charge in [0.1, 0.15) is 0 Å². The van der Waals surface area contributed by atoms with Crippen molar-refractivity contribution in [3.63, 3.8) is 0 Å². The molecule has 0 saturated heterocycles. The van der Waals surface area contributed by atoms with Crippen molar-refractivity contribution < 1.29 is 9.48 Å². The lowest BCUT2D eigenvalue weighted by molar-refractivity contribution is -0.482. The van der Waals surface area contributed by atoms with Gasteiger partial charge < -0.3 is 0 Å². The number of amides is 1. The third-order valence-electron chi connectivity index (χ3n) is 0.935. The zero-order valence-corrected chi connectivity index (χ0v) is 4.59. The van der Waals surface area contributed by atoms with Crippen molar-refractivity contribution in [2.24, 2.45) is 0 Å². The summed E-state index contributed by atoms with van der Waals surface area (Å²) in [5.74, 6) is -0.0208. The van der Waals surface area contributed by atoms with E-state index >= 15 is 0 Å². The van der Waals surface area contributed by atoms with E-state index in [1.807, 2.05) is 0 Å². The number of hydrogen-bond donors (Lipinski definition) is 1. The molecule has 0 bridgehead atoms. The molecule has 0 aromatic heterocycles. The number of hydrazine groups is 1. The van der Waals surface area contributed by atoms with Gasteiger partial charge in [0.25, 0.3) is 0 Å². The van der Waals surface area contributed by atoms with Gasteiger partial charge in [-0.25, -0.2) is 4.79 Å². The number of rotatable bonds is 0. The average molecular weight is 111 g/mol. The lowest BCUT2D eigenvalue weighted by atomic mass is 10.6. The van der Waals surface area contributed by atoms with Crippen LogP contribution in [0.4, 0.5) is 0 Å². The monoisotopic (exact) mass is 111 g/mol. The molecular weight excluding hydrogens is 104 g/mol. The van der Waals surface area contributed by atoms with Crippen LogP contribution in [0.3, 0.4) is 0 Å². The lowest BCUT2D eigenvalue weighted by Crippen LogP contribution is -2.23. The Morgan fingerprint density at radius 1 is 1.88 bits per heavy atom. The zero-order chi connectivity index (χ0) is 5.98. The van der Waals surface area contributed by atoms with Crippen LogP contribution in [0.5, 0.6) is 0 Å². The molecule has 0 aromatic rings. The van der Waals surface area contributed by atoms with Crippen LogP contribution in [-0.2, 0) is 4.79 Å². The number of nitrogens with zero attached hydrogens (tertiary/aromatic N) is 1. The van der Waals surface area contributed by atoms with E-state index < -0.39 is 0 Å². The van der Waals surface area contributed by atoms with E-state index in [0.717, 1.165) is 0 Å². The van der Waals surface area contributed by atoms with E-state index in [0.29, 0.717) is 0 Å². The van der Waals surface area contributed by atoms with Gasteiger partial charge in [0.2, 0.25) is 0 Å². The Kier molecular flexibility index (Phi) is 1.12. The van der Waals surface area contributed by atoms with Crippen LogP contribution < -0.4 is 5.43 Å². The quantitative estimate of drug-likeness (QED) is 0.433. The molecule has 0 atom stereocenters. The minimum atomic E-state index is -0.0208. The van der Waals surface area contributed by atoms with Crippen molar-refractivity contribution in [3.8, 4) is 0 Å². The summed E-state index contributed by atoms with van der Waals surface area (Å²) < 4.78 is 1.40. The maximum atomic E-state index is 10.6. The van der Waals surface area contributed by atoms with Crippen molar-refractivity contribution in [2.75, 3.05) is 0 Å². The fourth-order valence-corrected chi connectivity index (χ4v) is 0.535. The summed E-state index contributed by atoms with van der Waals surface area (Å²) in [4.78, 5) is 10.6. The molecule has 1 aliphatic heterocycles. The maximum absolute atomic E-state index is 10.6. The maximum Gasteiger partial charge on any atom is 0.441 e. The third-order valence-corrected chi connectivity index (χ3v) is 0.935. The second-order valence-electron chi connectivity index (χ2n) is 1.43. The minimum absolute atomic E-state index is 0.0208. The van der Waals surface area contributed by atoms with Gasteiger partial charge in [-0.3, -0.25) is 0 Å². The Morgan fingerprint density at radius 2 is 2.62 bits per heavy atom. The summed E-state index contributed by atoms with van der Waals surface area (Å²) in [6.45, 7) is 1.79. The fourth-order valence-electron chi connectivity index (χ4n) is 0.535. The van der Waals surface area contributed by atoms with Gasteiger partial charge in [-0.1, -0.05) is 0 Å². The van der Waals surface area contributed by atoms with Gasteiger partial charge in [0.15, 0.2) is 6.21 Å². The number of nitrogens with one attached hydrogen (secondary N) is 1. The number of hydrazone groups is 1. The number of carbonyl (C=O) groups is 1. The molecule has 3 heteroatoms. The van der Waals surface area contributed by atoms with E-state index in [4.69, 9.17) is 0 Å². The highest BCUT2D eigenvalue weighted by atomic mass is 16.2. The van der Waals surface area contributed by atoms with Gasteiger partial charge in [-0.2, -0.15) is 5.43 Å². The van der Waals surface area contributed by atoms with Gasteiger partial charge in [-0.05, 0) is 4.68 Å². The smallest absolute Gasteiger partial charge is 0.212 e. The standard InChI is InChI=1S/C5H6N2O/c1-2-7-5(8)3-4-6-7/h2-4H,1H3/p+1. The molecule has 8 heavy (non-hydrogen) atoms. The van der Waals surface area contributed by atoms with Crippen LogP contribution >= 0.6 is 0 Å². The van der Waals surface area contributed by atoms with Crippen LogP contribution in [0.1, 0.15) is 6.92 Å². The van der Waals surface area contributed by atoms with Crippen LogP contribution in [0.2, 0.25) is 0 Å². The Bertz CT molecular complexity index is 169. The lowest BCUT2D eigenvalue weighted by Gasteiger charge is -1.82. The SMILES string of the molecule is CC=[N+]1NC=CC1=O. The molecule has 1 heterocycles. The Balaban J connectivity index is 2.79. The first-order valence-electron chi connectivity index (χ1n) is 2.40. The van der Waals surface area contributed by atoms with Crippen molar-refractivity contribution in [1.29, 1.82) is 0 Å². The van der Waals surface area contributed by atoms with E-state index in [2.05, 4.69) is 5.43 Å². The van der Waals surface area contributed by atoms with Gasteiger partial charge in [0.05, 0.1) is 12.3 Å². The second kappa shape index (κ2) is 1.78. The molecule has 0 spiro atoms. The summed E-state index contributed by atoms with van der Waals surface area (Å²) >= 11 is 0. The Morgan fingerprint density at radius 3 is 2.88 bits per heavy atom. The largest absolute Gasteiger partial charge is 0.441 e. The van der Waals surface area contributed by atoms with Crippen molar-refractivity contribution in [2.45, 2.75) is 6.92 Å². The summed E-state index contributed by atoms with van der Waals surface area (Å²) in [6, 6.07) is 0. The van der Waals surface area contributed by atoms with Crippen LogP contribution in [0.25, 0.3) is 0 Å². The molecule has 0 aromatic carbocycles. The van der Waals surface area contributed by atoms with E-state index in [-0.39, 0.29) is 5.91 Å². The molecule has 0 fully saturated rings. The summed E-state index contributed by atoms with van der Waals surface area (Å²) in [7, 11) is 0. The first-order valence-corrected chi connectivity index (χ1v) is 2.40. The van der Waals surface area contributed by atoms with Crippen LogP contribution in [0.15, 0.2) is 12.3 Å². The molecular formula is C5H7N2O+. The molecule has 1 amide bonds. The highest BCUT2D eigenvalue weighted by molar-refractivity contribution is 5.83. The molecule has 0 unspecified atom stereocenters. The normalized spacial score (nSPS) is 22.1. The van der Waals surface area contributed by atoms with Gasteiger partial charge >= 0.3 is 5.91 Å². The molecule has 0 aliphatic carbocycles. The predicted molar refractivity (Wildman–Crippen MR) is 29.3 cm³/mol. The second-order valence-corrected chi connectivity index (χ2v) is 1.43. The number of carbonyl (C=O) groups excluding carboxylic acids is 1. The van der Waals surface area contributed by atoms with Crippen molar-refractivity contribution in [1.82, 2.24) is 5.43 Å². The summed E-state index contributed by atoms with van der Waals surface area (Å²) in [5.41, 5.74) is 2.70. The van der Waals surface area contributed by atoms with Crippen LogP contribution in [-0.4, -0.2) is 16.8 Å². The summed E-state index contributed by atoms with van der Waals surface area (Å²) in [6.07, 6.45) is 4.74. The van der Waals surface area contributed by atoms with Crippen molar-refractivity contribution in [3.05, 3.63) is 12.3 Å². The third kappa shape index (κ3) is 0.621. The van der Waals surface area contributed by atoms with Crippen molar-refractivity contribution >= 4 is 12.1 Å². The Hall–Kier alpha value is -1.12. The first kappa shape index (κ1) is 5.03. The minimum Gasteiger partial charge on any atom is -0.212 e. The fraction of sp³-hybridized carbons (Fsp3) is 0.200. The molecule has 3 nitrogen and oxygen atoms in total. The molecule has 42 valence electrons. The van der Waals surface area contributed by atoms with Gasteiger partial charge in [-0.15, -0.1) is 0 Å². The molecule has 0 saturated carbocycles. The predicted octanol–water partition coefficient (Wildman–Crippen LogP) is -0.352. The molecule has 1 N–H and O–H groups in total. The first-order chi connectivity index (χ1) is 3.84. The van der Waals surface area contributed by atoms with E-state index in [9.17, 15) is 4.79 Å². The molecule has 1 rings (SSSR count). The van der Waals surface area contributed by atoms with E-state index in [1.54, 1.807) is 19.3 Å². The highest BCUT2D eigenvalue weighted by Crippen LogP contribution is 1.83. The topological polar surface area (TPSA) is 32.1 Å². The average Bonchev–Trinajstić information content (AvgIpc) is 2.14.